The number of rotatable bonds is 3. The summed E-state index contributed by atoms with van der Waals surface area (Å²) in [6.07, 6.45) is 5.35. The monoisotopic (exact) mass is 260 g/mol. The Balaban J connectivity index is 2.32. The topological polar surface area (TPSA) is 29.3 Å². The van der Waals surface area contributed by atoms with E-state index in [4.69, 9.17) is 5.73 Å². The van der Waals surface area contributed by atoms with E-state index in [0.717, 1.165) is 6.54 Å². The molecule has 0 aliphatic carbocycles. The molecule has 0 bridgehead atoms. The van der Waals surface area contributed by atoms with Crippen molar-refractivity contribution in [3.8, 4) is 0 Å². The fraction of sp³-hybridized carbons (Fsp3) is 0.647. The number of aryl methyl sites for hydroxylation is 2. The Hall–Kier alpha value is -0.860. The number of hydrogen-bond donors (Lipinski definition) is 1. The Morgan fingerprint density at radius 1 is 1.21 bits per heavy atom. The van der Waals surface area contributed by atoms with Crippen LogP contribution in [0.15, 0.2) is 18.2 Å². The maximum Gasteiger partial charge on any atom is 0.0478 e. The van der Waals surface area contributed by atoms with Crippen molar-refractivity contribution in [3.63, 3.8) is 0 Å². The van der Waals surface area contributed by atoms with Crippen molar-refractivity contribution < 1.29 is 0 Å². The van der Waals surface area contributed by atoms with Crippen LogP contribution in [0.25, 0.3) is 0 Å². The van der Waals surface area contributed by atoms with Crippen LogP contribution in [0.5, 0.6) is 0 Å². The molecular weight excluding hydrogens is 232 g/mol. The average Bonchev–Trinajstić information content (AvgIpc) is 2.59. The molecule has 1 heterocycles. The first-order chi connectivity index (χ1) is 9.15. The lowest BCUT2D eigenvalue weighted by Gasteiger charge is -2.36. The predicted octanol–water partition coefficient (Wildman–Crippen LogP) is 3.57. The van der Waals surface area contributed by atoms with Crippen molar-refractivity contribution in [2.24, 2.45) is 5.73 Å². The van der Waals surface area contributed by atoms with Gasteiger partial charge in [0.1, 0.15) is 0 Å². The number of benzene rings is 1. The number of nitrogens with two attached hydrogens (primary N) is 1. The number of nitrogens with zero attached hydrogens (tertiary/aromatic N) is 1. The SMILES string of the molecule is Cc1cccc(C)c1C(CN)N1CCCCCC1C. The van der Waals surface area contributed by atoms with Crippen molar-refractivity contribution in [1.29, 1.82) is 0 Å². The van der Waals surface area contributed by atoms with E-state index in [2.05, 4.69) is 43.9 Å². The van der Waals surface area contributed by atoms with Gasteiger partial charge in [-0.1, -0.05) is 31.0 Å². The van der Waals surface area contributed by atoms with E-state index < -0.39 is 0 Å². The zero-order valence-corrected chi connectivity index (χ0v) is 12.7. The summed E-state index contributed by atoms with van der Waals surface area (Å²) < 4.78 is 0. The molecule has 19 heavy (non-hydrogen) atoms. The molecule has 0 amide bonds. The van der Waals surface area contributed by atoms with Crippen molar-refractivity contribution in [2.45, 2.75) is 58.5 Å². The minimum Gasteiger partial charge on any atom is -0.329 e. The van der Waals surface area contributed by atoms with Crippen LogP contribution < -0.4 is 5.73 Å². The van der Waals surface area contributed by atoms with E-state index in [1.54, 1.807) is 0 Å². The van der Waals surface area contributed by atoms with E-state index in [-0.39, 0.29) is 0 Å². The largest absolute Gasteiger partial charge is 0.329 e. The second-order valence-corrected chi connectivity index (χ2v) is 5.99. The molecule has 1 aromatic rings. The van der Waals surface area contributed by atoms with Gasteiger partial charge in [-0.15, -0.1) is 0 Å². The first kappa shape index (κ1) is 14.5. The molecule has 106 valence electrons. The third-order valence-electron chi connectivity index (χ3n) is 4.60. The molecule has 0 radical (unpaired) electrons. The molecule has 1 aromatic carbocycles. The summed E-state index contributed by atoms with van der Waals surface area (Å²) in [5.74, 6) is 0. The fourth-order valence-electron chi connectivity index (χ4n) is 3.53. The van der Waals surface area contributed by atoms with Gasteiger partial charge in [0.05, 0.1) is 0 Å². The summed E-state index contributed by atoms with van der Waals surface area (Å²) in [4.78, 5) is 2.64. The van der Waals surface area contributed by atoms with Crippen molar-refractivity contribution in [1.82, 2.24) is 4.90 Å². The highest BCUT2D eigenvalue weighted by molar-refractivity contribution is 5.36. The molecule has 1 aliphatic heterocycles. The van der Waals surface area contributed by atoms with Crippen LogP contribution in [0.3, 0.4) is 0 Å². The van der Waals surface area contributed by atoms with Crippen LogP contribution in [-0.2, 0) is 0 Å². The second-order valence-electron chi connectivity index (χ2n) is 5.99. The average molecular weight is 260 g/mol. The van der Waals surface area contributed by atoms with Crippen LogP contribution in [0, 0.1) is 13.8 Å². The lowest BCUT2D eigenvalue weighted by atomic mass is 9.94. The van der Waals surface area contributed by atoms with Crippen molar-refractivity contribution in [3.05, 3.63) is 34.9 Å². The first-order valence-electron chi connectivity index (χ1n) is 7.67. The minimum absolute atomic E-state index is 0.384. The van der Waals surface area contributed by atoms with E-state index in [1.807, 2.05) is 0 Å². The standard InChI is InChI=1S/C17H28N2/c1-13-8-7-9-14(2)17(13)16(12-18)19-11-6-4-5-10-15(19)3/h7-9,15-16H,4-6,10-12,18H2,1-3H3. The van der Waals surface area contributed by atoms with E-state index in [1.165, 1.54) is 48.9 Å². The van der Waals surface area contributed by atoms with Gasteiger partial charge in [0, 0.05) is 18.6 Å². The molecule has 1 aliphatic rings. The Kier molecular flexibility index (Phi) is 5.00. The van der Waals surface area contributed by atoms with Gasteiger partial charge in [-0.3, -0.25) is 4.90 Å². The summed E-state index contributed by atoms with van der Waals surface area (Å²) in [5.41, 5.74) is 10.4. The molecule has 0 aromatic heterocycles. The molecule has 1 fully saturated rings. The van der Waals surface area contributed by atoms with Gasteiger partial charge in [0.15, 0.2) is 0 Å². The molecule has 2 rings (SSSR count). The summed E-state index contributed by atoms with van der Waals surface area (Å²) in [5, 5.41) is 0. The quantitative estimate of drug-likeness (QED) is 0.900. The Labute approximate surface area is 118 Å². The van der Waals surface area contributed by atoms with Crippen LogP contribution in [0.1, 0.15) is 55.3 Å². The Bertz CT molecular complexity index is 393. The van der Waals surface area contributed by atoms with Crippen LogP contribution in [0.2, 0.25) is 0 Å². The van der Waals surface area contributed by atoms with Gasteiger partial charge in [-0.25, -0.2) is 0 Å². The zero-order chi connectivity index (χ0) is 13.8. The summed E-state index contributed by atoms with van der Waals surface area (Å²) in [7, 11) is 0. The first-order valence-corrected chi connectivity index (χ1v) is 7.67. The van der Waals surface area contributed by atoms with Crippen LogP contribution >= 0.6 is 0 Å². The highest BCUT2D eigenvalue weighted by atomic mass is 15.2. The third kappa shape index (κ3) is 3.18. The van der Waals surface area contributed by atoms with Crippen molar-refractivity contribution >= 4 is 0 Å². The molecule has 2 nitrogen and oxygen atoms in total. The smallest absolute Gasteiger partial charge is 0.0478 e. The lowest BCUT2D eigenvalue weighted by Crippen LogP contribution is -2.40. The zero-order valence-electron chi connectivity index (χ0n) is 12.7. The summed E-state index contributed by atoms with van der Waals surface area (Å²) in [6, 6.07) is 7.61. The molecule has 1 saturated heterocycles. The van der Waals surface area contributed by atoms with E-state index in [0.29, 0.717) is 12.1 Å². The summed E-state index contributed by atoms with van der Waals surface area (Å²) >= 11 is 0. The maximum atomic E-state index is 6.14. The molecule has 2 atom stereocenters. The molecule has 0 spiro atoms. The van der Waals surface area contributed by atoms with Gasteiger partial charge in [-0.05, 0) is 56.8 Å². The van der Waals surface area contributed by atoms with Crippen LogP contribution in [-0.4, -0.2) is 24.0 Å². The van der Waals surface area contributed by atoms with Gasteiger partial charge >= 0.3 is 0 Å². The van der Waals surface area contributed by atoms with Gasteiger partial charge < -0.3 is 5.73 Å². The van der Waals surface area contributed by atoms with Gasteiger partial charge in [0.25, 0.3) is 0 Å². The third-order valence-corrected chi connectivity index (χ3v) is 4.60. The number of likely N-dealkylation sites (tertiary alicyclic amines) is 1. The van der Waals surface area contributed by atoms with Crippen molar-refractivity contribution in [2.75, 3.05) is 13.1 Å². The van der Waals surface area contributed by atoms with Gasteiger partial charge in [-0.2, -0.15) is 0 Å². The normalized spacial score (nSPS) is 23.1. The Morgan fingerprint density at radius 2 is 1.89 bits per heavy atom. The molecule has 2 unspecified atom stereocenters. The second kappa shape index (κ2) is 6.53. The molecule has 0 saturated carbocycles. The highest BCUT2D eigenvalue weighted by Gasteiger charge is 2.27. The number of hydrogen-bond acceptors (Lipinski definition) is 2. The van der Waals surface area contributed by atoms with E-state index >= 15 is 0 Å². The predicted molar refractivity (Wildman–Crippen MR) is 82.3 cm³/mol. The fourth-order valence-corrected chi connectivity index (χ4v) is 3.53. The molecule has 2 N–H and O–H groups in total. The lowest BCUT2D eigenvalue weighted by molar-refractivity contribution is 0.150. The molecule has 2 heteroatoms. The van der Waals surface area contributed by atoms with Crippen LogP contribution in [0.4, 0.5) is 0 Å². The Morgan fingerprint density at radius 3 is 2.53 bits per heavy atom. The highest BCUT2D eigenvalue weighted by Crippen LogP contribution is 2.31. The van der Waals surface area contributed by atoms with E-state index in [9.17, 15) is 0 Å². The van der Waals surface area contributed by atoms with Gasteiger partial charge in [0.2, 0.25) is 0 Å². The summed E-state index contributed by atoms with van der Waals surface area (Å²) in [6.45, 7) is 8.70. The molecular formula is C17H28N2. The maximum absolute atomic E-state index is 6.14. The minimum atomic E-state index is 0.384.